The number of nitrogens with one attached hydrogen (secondary N) is 1. The Morgan fingerprint density at radius 2 is 1.67 bits per heavy atom. The third kappa shape index (κ3) is 6.19. The van der Waals surface area contributed by atoms with Gasteiger partial charge in [-0.15, -0.1) is 0 Å². The van der Waals surface area contributed by atoms with Crippen molar-refractivity contribution >= 4 is 33.2 Å². The van der Waals surface area contributed by atoms with Crippen molar-refractivity contribution < 1.29 is 22.7 Å². The summed E-state index contributed by atoms with van der Waals surface area (Å²) >= 11 is 5.95. The zero-order valence-corrected chi connectivity index (χ0v) is 21.6. The van der Waals surface area contributed by atoms with Crippen molar-refractivity contribution in [1.82, 2.24) is 4.31 Å². The van der Waals surface area contributed by atoms with Crippen molar-refractivity contribution in [2.45, 2.75) is 37.7 Å². The van der Waals surface area contributed by atoms with E-state index in [0.717, 1.165) is 24.8 Å². The molecular formula is C27H29ClN2O5S. The van der Waals surface area contributed by atoms with E-state index in [2.05, 4.69) is 5.32 Å². The maximum atomic E-state index is 13.3. The van der Waals surface area contributed by atoms with Crippen molar-refractivity contribution in [3.63, 3.8) is 0 Å². The molecule has 1 N–H and O–H groups in total. The molecule has 0 unspecified atom stereocenters. The molecule has 36 heavy (non-hydrogen) atoms. The molecule has 0 bridgehead atoms. The second-order valence-corrected chi connectivity index (χ2v) is 10.8. The number of ether oxygens (including phenoxy) is 2. The predicted molar refractivity (Wildman–Crippen MR) is 140 cm³/mol. The number of para-hydroxylation sites is 1. The Hall–Kier alpha value is -3.07. The first-order chi connectivity index (χ1) is 17.4. The quantitative estimate of drug-likeness (QED) is 0.382. The van der Waals surface area contributed by atoms with Crippen molar-refractivity contribution in [3.05, 3.63) is 82.9 Å². The fraction of sp³-hybridized carbons (Fsp3) is 0.296. The molecule has 1 amide bonds. The zero-order chi connectivity index (χ0) is 25.5. The van der Waals surface area contributed by atoms with Crippen LogP contribution in [-0.2, 0) is 16.6 Å². The third-order valence-electron chi connectivity index (χ3n) is 5.89. The van der Waals surface area contributed by atoms with Crippen LogP contribution in [-0.4, -0.2) is 38.3 Å². The van der Waals surface area contributed by atoms with E-state index in [4.69, 9.17) is 21.1 Å². The van der Waals surface area contributed by atoms with Crippen molar-refractivity contribution in [1.29, 1.82) is 0 Å². The van der Waals surface area contributed by atoms with E-state index < -0.39 is 15.9 Å². The minimum absolute atomic E-state index is 0.121. The van der Waals surface area contributed by atoms with Gasteiger partial charge in [-0.05, 0) is 67.8 Å². The lowest BCUT2D eigenvalue weighted by atomic mass is 10.1. The first kappa shape index (κ1) is 26.0. The molecule has 9 heteroatoms. The number of sulfonamides is 1. The summed E-state index contributed by atoms with van der Waals surface area (Å²) in [6.45, 7) is 3.44. The fourth-order valence-electron chi connectivity index (χ4n) is 4.01. The van der Waals surface area contributed by atoms with Crippen LogP contribution in [0.2, 0.25) is 5.02 Å². The number of benzene rings is 3. The molecule has 0 saturated carbocycles. The Balaban J connectivity index is 1.57. The summed E-state index contributed by atoms with van der Waals surface area (Å²) in [5.41, 5.74) is 1.51. The molecule has 0 aliphatic carbocycles. The maximum Gasteiger partial charge on any atom is 0.259 e. The second-order valence-electron chi connectivity index (χ2n) is 8.42. The van der Waals surface area contributed by atoms with E-state index >= 15 is 0 Å². The van der Waals surface area contributed by atoms with Gasteiger partial charge < -0.3 is 14.8 Å². The highest BCUT2D eigenvalue weighted by molar-refractivity contribution is 7.89. The van der Waals surface area contributed by atoms with Crippen molar-refractivity contribution in [2.75, 3.05) is 25.0 Å². The van der Waals surface area contributed by atoms with Crippen LogP contribution in [0.4, 0.5) is 5.69 Å². The average molecular weight is 529 g/mol. The smallest absolute Gasteiger partial charge is 0.259 e. The molecule has 1 aliphatic rings. The molecule has 7 nitrogen and oxygen atoms in total. The molecule has 0 spiro atoms. The number of carbonyl (C=O) groups is 1. The number of piperidine rings is 1. The minimum atomic E-state index is -3.67. The van der Waals surface area contributed by atoms with Gasteiger partial charge in [0.05, 0.1) is 22.8 Å². The third-order valence-corrected chi connectivity index (χ3v) is 8.04. The molecule has 1 fully saturated rings. The van der Waals surface area contributed by atoms with Crippen LogP contribution in [0.25, 0.3) is 0 Å². The van der Waals surface area contributed by atoms with Crippen LogP contribution in [0.1, 0.15) is 42.1 Å². The first-order valence-electron chi connectivity index (χ1n) is 11.9. The van der Waals surface area contributed by atoms with Gasteiger partial charge in [-0.25, -0.2) is 8.42 Å². The maximum absolute atomic E-state index is 13.3. The Morgan fingerprint density at radius 1 is 0.944 bits per heavy atom. The molecule has 3 aromatic carbocycles. The fourth-order valence-corrected chi connectivity index (χ4v) is 5.68. The van der Waals surface area contributed by atoms with Gasteiger partial charge in [0.15, 0.2) is 0 Å². The molecule has 4 rings (SSSR count). The number of carbonyl (C=O) groups excluding carboxylic acids is 1. The molecule has 3 aromatic rings. The molecule has 1 heterocycles. The highest BCUT2D eigenvalue weighted by atomic mass is 35.5. The number of anilines is 1. The van der Waals surface area contributed by atoms with E-state index in [9.17, 15) is 13.2 Å². The number of hydrogen-bond acceptors (Lipinski definition) is 5. The SMILES string of the molecule is CCOc1ccc(S(=O)(=O)N2CCCCC2)cc1NC(=O)c1ccccc1OCc1ccc(Cl)cc1. The largest absolute Gasteiger partial charge is 0.492 e. The predicted octanol–water partition coefficient (Wildman–Crippen LogP) is 5.74. The van der Waals surface area contributed by atoms with E-state index in [1.807, 2.05) is 19.1 Å². The van der Waals surface area contributed by atoms with Gasteiger partial charge in [-0.2, -0.15) is 4.31 Å². The van der Waals surface area contributed by atoms with E-state index in [-0.39, 0.29) is 17.2 Å². The van der Waals surface area contributed by atoms with E-state index in [1.54, 1.807) is 42.5 Å². The topological polar surface area (TPSA) is 84.9 Å². The molecule has 0 aromatic heterocycles. The van der Waals surface area contributed by atoms with Gasteiger partial charge >= 0.3 is 0 Å². The summed E-state index contributed by atoms with van der Waals surface area (Å²) in [7, 11) is -3.67. The summed E-state index contributed by atoms with van der Waals surface area (Å²) in [6.07, 6.45) is 2.70. The molecule has 0 radical (unpaired) electrons. The standard InChI is InChI=1S/C27H29ClN2O5S/c1-2-34-26-15-14-22(36(32,33)30-16-6-3-7-17-30)18-24(26)29-27(31)23-8-4-5-9-25(23)35-19-20-10-12-21(28)13-11-20/h4-5,8-15,18H,2-3,6-7,16-17,19H2,1H3,(H,29,31). The Labute approximate surface area is 217 Å². The Morgan fingerprint density at radius 3 is 2.39 bits per heavy atom. The highest BCUT2D eigenvalue weighted by Crippen LogP contribution is 2.31. The van der Waals surface area contributed by atoms with Gasteiger partial charge in [0.2, 0.25) is 10.0 Å². The summed E-state index contributed by atoms with van der Waals surface area (Å²) < 4.78 is 39.5. The van der Waals surface area contributed by atoms with Crippen LogP contribution < -0.4 is 14.8 Å². The minimum Gasteiger partial charge on any atom is -0.492 e. The van der Waals surface area contributed by atoms with Crippen LogP contribution in [0.3, 0.4) is 0 Å². The molecule has 0 atom stereocenters. The number of rotatable bonds is 9. The number of amides is 1. The highest BCUT2D eigenvalue weighted by Gasteiger charge is 2.27. The van der Waals surface area contributed by atoms with Crippen molar-refractivity contribution in [3.8, 4) is 11.5 Å². The van der Waals surface area contributed by atoms with Crippen LogP contribution >= 0.6 is 11.6 Å². The first-order valence-corrected chi connectivity index (χ1v) is 13.7. The van der Waals surface area contributed by atoms with Gasteiger partial charge in [-0.1, -0.05) is 42.3 Å². The molecule has 1 saturated heterocycles. The summed E-state index contributed by atoms with van der Waals surface area (Å²) in [5.74, 6) is 0.359. The van der Waals surface area contributed by atoms with Crippen LogP contribution in [0.15, 0.2) is 71.6 Å². The van der Waals surface area contributed by atoms with E-state index in [0.29, 0.717) is 41.8 Å². The lowest BCUT2D eigenvalue weighted by molar-refractivity contribution is 0.102. The molecule has 1 aliphatic heterocycles. The Bertz CT molecular complexity index is 1310. The summed E-state index contributed by atoms with van der Waals surface area (Å²) in [5, 5.41) is 3.46. The number of nitrogens with zero attached hydrogens (tertiary/aromatic N) is 1. The second kappa shape index (κ2) is 11.8. The van der Waals surface area contributed by atoms with Gasteiger partial charge in [0.1, 0.15) is 18.1 Å². The van der Waals surface area contributed by atoms with Gasteiger partial charge in [0, 0.05) is 18.1 Å². The van der Waals surface area contributed by atoms with Crippen LogP contribution in [0.5, 0.6) is 11.5 Å². The van der Waals surface area contributed by atoms with Gasteiger partial charge in [0.25, 0.3) is 5.91 Å². The molecular weight excluding hydrogens is 500 g/mol. The summed E-state index contributed by atoms with van der Waals surface area (Å²) in [4.78, 5) is 13.4. The van der Waals surface area contributed by atoms with Crippen LogP contribution in [0, 0.1) is 0 Å². The number of hydrogen-bond donors (Lipinski definition) is 1. The van der Waals surface area contributed by atoms with Crippen molar-refractivity contribution in [2.24, 2.45) is 0 Å². The van der Waals surface area contributed by atoms with E-state index in [1.165, 1.54) is 16.4 Å². The monoisotopic (exact) mass is 528 g/mol. The summed E-state index contributed by atoms with van der Waals surface area (Å²) in [6, 6.07) is 18.7. The lowest BCUT2D eigenvalue weighted by Gasteiger charge is -2.26. The van der Waals surface area contributed by atoms with Gasteiger partial charge in [-0.3, -0.25) is 4.79 Å². The average Bonchev–Trinajstić information content (AvgIpc) is 2.90. The lowest BCUT2D eigenvalue weighted by Crippen LogP contribution is -2.35. The normalized spacial score (nSPS) is 14.3. The zero-order valence-electron chi connectivity index (χ0n) is 20.1. The number of halogens is 1. The molecule has 190 valence electrons. The Kier molecular flexibility index (Phi) is 8.51.